The summed E-state index contributed by atoms with van der Waals surface area (Å²) in [5.74, 6) is -0.659. The van der Waals surface area contributed by atoms with Crippen LogP contribution in [0, 0.1) is 27.7 Å². The van der Waals surface area contributed by atoms with E-state index in [0.29, 0.717) is 15.7 Å². The number of rotatable bonds is 6. The molecule has 0 saturated heterocycles. The Balaban J connectivity index is 1.66. The lowest BCUT2D eigenvalue weighted by molar-refractivity contribution is -0.115. The topological polar surface area (TPSA) is 85.6 Å². The third-order valence-electron chi connectivity index (χ3n) is 5.49. The van der Waals surface area contributed by atoms with Gasteiger partial charge in [-0.2, -0.15) is 0 Å². The summed E-state index contributed by atoms with van der Waals surface area (Å²) < 4.78 is 7.01. The zero-order chi connectivity index (χ0) is 23.7. The second-order valence-corrected chi connectivity index (χ2v) is 9.02. The molecular formula is C25H26N4O3S. The van der Waals surface area contributed by atoms with Gasteiger partial charge in [0.05, 0.1) is 30.1 Å². The summed E-state index contributed by atoms with van der Waals surface area (Å²) in [7, 11) is 0. The molecule has 0 aliphatic rings. The number of thiazole rings is 1. The minimum atomic E-state index is -0.429. The van der Waals surface area contributed by atoms with E-state index in [1.54, 1.807) is 13.8 Å². The number of pyridine rings is 1. The minimum Gasteiger partial charge on any atom is -0.462 e. The van der Waals surface area contributed by atoms with Gasteiger partial charge in [0, 0.05) is 11.8 Å². The molecule has 7 nitrogen and oxygen atoms in total. The Morgan fingerprint density at radius 3 is 2.58 bits per heavy atom. The van der Waals surface area contributed by atoms with Gasteiger partial charge < -0.3 is 14.5 Å². The van der Waals surface area contributed by atoms with Crippen LogP contribution in [0.2, 0.25) is 0 Å². The van der Waals surface area contributed by atoms with E-state index < -0.39 is 5.97 Å². The number of nitrogens with zero attached hydrogens (tertiary/aromatic N) is 3. The molecule has 0 spiro atoms. The number of amides is 1. The van der Waals surface area contributed by atoms with Crippen molar-refractivity contribution in [1.82, 2.24) is 14.4 Å². The van der Waals surface area contributed by atoms with Gasteiger partial charge in [0.15, 0.2) is 5.13 Å². The summed E-state index contributed by atoms with van der Waals surface area (Å²) in [6, 6.07) is 10.2. The van der Waals surface area contributed by atoms with Crippen LogP contribution in [-0.2, 0) is 16.0 Å². The van der Waals surface area contributed by atoms with Crippen molar-refractivity contribution in [3.05, 3.63) is 69.5 Å². The number of esters is 1. The molecule has 0 aliphatic carbocycles. The van der Waals surface area contributed by atoms with Crippen molar-refractivity contribution in [2.45, 2.75) is 41.0 Å². The summed E-state index contributed by atoms with van der Waals surface area (Å²) in [5, 5.41) is 3.21. The highest BCUT2D eigenvalue weighted by molar-refractivity contribution is 7.17. The molecule has 0 radical (unpaired) electrons. The number of hydrogen-bond acceptors (Lipinski definition) is 6. The number of ether oxygens (including phenoxy) is 1. The maximum atomic E-state index is 13.0. The SMILES string of the molecule is CCOC(=O)c1sc(NC(=O)Cc2c(-c3ccc(C)c(C)c3)nc3cc(C)ccn23)nc1C. The summed E-state index contributed by atoms with van der Waals surface area (Å²) in [4.78, 5) is 34.6. The number of aromatic nitrogens is 3. The van der Waals surface area contributed by atoms with Gasteiger partial charge >= 0.3 is 5.97 Å². The van der Waals surface area contributed by atoms with Crippen LogP contribution < -0.4 is 5.32 Å². The summed E-state index contributed by atoms with van der Waals surface area (Å²) in [6.07, 6.45) is 2.05. The van der Waals surface area contributed by atoms with Gasteiger partial charge in [-0.05, 0) is 69.5 Å². The number of anilines is 1. The van der Waals surface area contributed by atoms with E-state index in [4.69, 9.17) is 9.72 Å². The molecule has 0 fully saturated rings. The molecule has 3 aromatic heterocycles. The number of benzene rings is 1. The Bertz CT molecular complexity index is 1370. The number of imidazole rings is 1. The second-order valence-electron chi connectivity index (χ2n) is 8.02. The summed E-state index contributed by atoms with van der Waals surface area (Å²) in [5.41, 5.74) is 7.34. The van der Waals surface area contributed by atoms with Crippen LogP contribution in [0.4, 0.5) is 5.13 Å². The third kappa shape index (κ3) is 4.66. The molecule has 4 rings (SSSR count). The number of fused-ring (bicyclic) bond motifs is 1. The first-order chi connectivity index (χ1) is 15.8. The van der Waals surface area contributed by atoms with Gasteiger partial charge in [-0.25, -0.2) is 14.8 Å². The van der Waals surface area contributed by atoms with Crippen molar-refractivity contribution < 1.29 is 14.3 Å². The zero-order valence-corrected chi connectivity index (χ0v) is 20.2. The van der Waals surface area contributed by atoms with Crippen LogP contribution in [0.15, 0.2) is 36.5 Å². The van der Waals surface area contributed by atoms with Gasteiger partial charge in [0.2, 0.25) is 5.91 Å². The molecule has 0 unspecified atom stereocenters. The lowest BCUT2D eigenvalue weighted by Gasteiger charge is -2.08. The van der Waals surface area contributed by atoms with E-state index >= 15 is 0 Å². The fraction of sp³-hybridized carbons (Fsp3) is 0.280. The smallest absolute Gasteiger partial charge is 0.350 e. The normalized spacial score (nSPS) is 11.1. The van der Waals surface area contributed by atoms with Crippen molar-refractivity contribution in [2.75, 3.05) is 11.9 Å². The maximum Gasteiger partial charge on any atom is 0.350 e. The highest BCUT2D eigenvalue weighted by Crippen LogP contribution is 2.28. The molecule has 170 valence electrons. The molecule has 0 saturated carbocycles. The summed E-state index contributed by atoms with van der Waals surface area (Å²) >= 11 is 1.12. The quantitative estimate of drug-likeness (QED) is 0.405. The fourth-order valence-corrected chi connectivity index (χ4v) is 4.51. The average molecular weight is 463 g/mol. The van der Waals surface area contributed by atoms with Crippen LogP contribution in [0.3, 0.4) is 0 Å². The van der Waals surface area contributed by atoms with Crippen molar-refractivity contribution in [3.8, 4) is 11.3 Å². The summed E-state index contributed by atoms with van der Waals surface area (Å²) in [6.45, 7) is 9.91. The Morgan fingerprint density at radius 1 is 1.06 bits per heavy atom. The molecule has 8 heteroatoms. The molecule has 0 atom stereocenters. The molecule has 0 bridgehead atoms. The fourth-order valence-electron chi connectivity index (χ4n) is 3.64. The standard InChI is InChI=1S/C25H26N4O3S/c1-6-32-24(31)23-17(5)26-25(33-23)28-21(30)13-19-22(18-8-7-15(3)16(4)12-18)27-20-11-14(2)9-10-29(19)20/h7-12H,6,13H2,1-5H3,(H,26,28,30). The van der Waals surface area contributed by atoms with E-state index in [-0.39, 0.29) is 18.9 Å². The van der Waals surface area contributed by atoms with Crippen LogP contribution >= 0.6 is 11.3 Å². The monoisotopic (exact) mass is 462 g/mol. The zero-order valence-electron chi connectivity index (χ0n) is 19.4. The number of carbonyl (C=O) groups excluding carboxylic acids is 2. The van der Waals surface area contributed by atoms with Crippen molar-refractivity contribution in [1.29, 1.82) is 0 Å². The van der Waals surface area contributed by atoms with Gasteiger partial charge in [0.1, 0.15) is 10.5 Å². The first-order valence-electron chi connectivity index (χ1n) is 10.8. The Kier molecular flexibility index (Phi) is 6.29. The van der Waals surface area contributed by atoms with Gasteiger partial charge in [0.25, 0.3) is 0 Å². The lowest BCUT2D eigenvalue weighted by atomic mass is 10.0. The Morgan fingerprint density at radius 2 is 1.85 bits per heavy atom. The molecule has 33 heavy (non-hydrogen) atoms. The van der Waals surface area contributed by atoms with E-state index in [2.05, 4.69) is 36.3 Å². The predicted octanol–water partition coefficient (Wildman–Crippen LogP) is 5.05. The number of hydrogen-bond donors (Lipinski definition) is 1. The number of carbonyl (C=O) groups is 2. The third-order valence-corrected chi connectivity index (χ3v) is 6.55. The molecule has 4 aromatic rings. The first kappa shape index (κ1) is 22.7. The van der Waals surface area contributed by atoms with E-state index in [0.717, 1.165) is 39.5 Å². The molecule has 1 aromatic carbocycles. The minimum absolute atomic E-state index is 0.111. The number of nitrogens with one attached hydrogen (secondary N) is 1. The van der Waals surface area contributed by atoms with Crippen molar-refractivity contribution in [3.63, 3.8) is 0 Å². The van der Waals surface area contributed by atoms with Gasteiger partial charge in [-0.3, -0.25) is 4.79 Å². The van der Waals surface area contributed by atoms with Crippen LogP contribution in [-0.4, -0.2) is 32.9 Å². The first-order valence-corrected chi connectivity index (χ1v) is 11.6. The largest absolute Gasteiger partial charge is 0.462 e. The van der Waals surface area contributed by atoms with E-state index in [1.807, 2.05) is 35.7 Å². The second kappa shape index (κ2) is 9.15. The number of aryl methyl sites for hydroxylation is 4. The van der Waals surface area contributed by atoms with Gasteiger partial charge in [-0.15, -0.1) is 0 Å². The highest BCUT2D eigenvalue weighted by atomic mass is 32.1. The molecule has 1 amide bonds. The molecular weight excluding hydrogens is 436 g/mol. The predicted molar refractivity (Wildman–Crippen MR) is 130 cm³/mol. The Labute approximate surface area is 196 Å². The van der Waals surface area contributed by atoms with E-state index in [1.165, 1.54) is 11.1 Å². The van der Waals surface area contributed by atoms with Crippen LogP contribution in [0.5, 0.6) is 0 Å². The molecule has 1 N–H and O–H groups in total. The maximum absolute atomic E-state index is 13.0. The van der Waals surface area contributed by atoms with Crippen LogP contribution in [0.25, 0.3) is 16.9 Å². The van der Waals surface area contributed by atoms with Crippen molar-refractivity contribution in [2.24, 2.45) is 0 Å². The molecule has 0 aliphatic heterocycles. The highest BCUT2D eigenvalue weighted by Gasteiger charge is 2.21. The average Bonchev–Trinajstić information content (AvgIpc) is 3.30. The Hall–Kier alpha value is -3.52. The van der Waals surface area contributed by atoms with E-state index in [9.17, 15) is 9.59 Å². The van der Waals surface area contributed by atoms with Gasteiger partial charge in [-0.1, -0.05) is 23.5 Å². The molecule has 3 heterocycles. The van der Waals surface area contributed by atoms with Crippen molar-refractivity contribution >= 4 is 34.0 Å². The van der Waals surface area contributed by atoms with Crippen LogP contribution in [0.1, 0.15) is 44.7 Å². The lowest BCUT2D eigenvalue weighted by Crippen LogP contribution is -2.16.